The number of hydrogen-bond donors (Lipinski definition) is 2. The number of amides is 3. The Kier molecular flexibility index (Phi) is 9.02. The fourth-order valence-electron chi connectivity index (χ4n) is 6.19. The van der Waals surface area contributed by atoms with Crippen LogP contribution in [-0.2, 0) is 19.6 Å². The van der Waals surface area contributed by atoms with E-state index >= 15 is 0 Å². The van der Waals surface area contributed by atoms with Gasteiger partial charge in [0.2, 0.25) is 21.8 Å². The van der Waals surface area contributed by atoms with E-state index in [1.807, 2.05) is 48.5 Å². The second kappa shape index (κ2) is 13.1. The maximum absolute atomic E-state index is 13.7. The second-order valence-corrected chi connectivity index (χ2v) is 14.2. The summed E-state index contributed by atoms with van der Waals surface area (Å²) in [5.41, 5.74) is 3.69. The first-order valence-electron chi connectivity index (χ1n) is 15.4. The molecule has 3 amide bonds. The molecule has 3 aromatic carbocycles. The average Bonchev–Trinajstić information content (AvgIpc) is 3.82. The lowest BCUT2D eigenvalue weighted by Crippen LogP contribution is -2.62. The molecule has 3 aromatic rings. The van der Waals surface area contributed by atoms with E-state index in [1.165, 1.54) is 14.8 Å². The van der Waals surface area contributed by atoms with Crippen LogP contribution in [-0.4, -0.2) is 104 Å². The zero-order valence-corrected chi connectivity index (χ0v) is 26.2. The molecule has 2 heterocycles. The Morgan fingerprint density at radius 3 is 2.02 bits per heavy atom. The van der Waals surface area contributed by atoms with Crippen LogP contribution >= 0.6 is 0 Å². The molecular weight excluding hydrogens is 590 g/mol. The molecule has 3 atom stereocenters. The van der Waals surface area contributed by atoms with Crippen molar-refractivity contribution in [3.63, 3.8) is 0 Å². The Balaban J connectivity index is 1.08. The van der Waals surface area contributed by atoms with Gasteiger partial charge in [-0.1, -0.05) is 72.8 Å². The molecule has 2 aliphatic heterocycles. The Bertz CT molecular complexity index is 1620. The van der Waals surface area contributed by atoms with E-state index < -0.39 is 22.0 Å². The molecule has 1 aliphatic carbocycles. The molecule has 0 unspecified atom stereocenters. The van der Waals surface area contributed by atoms with E-state index in [0.29, 0.717) is 30.6 Å². The summed E-state index contributed by atoms with van der Waals surface area (Å²) in [6.45, 7) is 1.84. The lowest BCUT2D eigenvalue weighted by molar-refractivity contribution is -0.142. The Morgan fingerprint density at radius 2 is 1.40 bits per heavy atom. The maximum Gasteiger partial charge on any atom is 0.251 e. The van der Waals surface area contributed by atoms with E-state index in [4.69, 9.17) is 0 Å². The molecule has 0 aromatic heterocycles. The molecule has 6 rings (SSSR count). The monoisotopic (exact) mass is 629 g/mol. The molecule has 1 saturated carbocycles. The minimum Gasteiger partial charge on any atom is -0.340 e. The summed E-state index contributed by atoms with van der Waals surface area (Å²) in [7, 11) is -3.37. The topological polar surface area (TPSA) is 119 Å². The van der Waals surface area contributed by atoms with E-state index in [2.05, 4.69) is 34.9 Å². The number of rotatable bonds is 10. The summed E-state index contributed by atoms with van der Waals surface area (Å²) >= 11 is 0. The summed E-state index contributed by atoms with van der Waals surface area (Å²) in [5.74, 6) is -0.529. The number of likely N-dealkylation sites (tertiary alicyclic amines) is 1. The summed E-state index contributed by atoms with van der Waals surface area (Å²) in [5, 5.41) is 6.46. The largest absolute Gasteiger partial charge is 0.340 e. The summed E-state index contributed by atoms with van der Waals surface area (Å²) in [6.07, 6.45) is 2.06. The third kappa shape index (κ3) is 7.43. The molecule has 3 fully saturated rings. The van der Waals surface area contributed by atoms with E-state index in [1.54, 1.807) is 17.0 Å². The van der Waals surface area contributed by atoms with Crippen molar-refractivity contribution in [1.29, 1.82) is 0 Å². The van der Waals surface area contributed by atoms with Crippen LogP contribution in [0.4, 0.5) is 0 Å². The molecule has 2 saturated heterocycles. The predicted molar refractivity (Wildman–Crippen MR) is 172 cm³/mol. The fourth-order valence-corrected chi connectivity index (χ4v) is 7.02. The van der Waals surface area contributed by atoms with E-state index in [9.17, 15) is 22.8 Å². The summed E-state index contributed by atoms with van der Waals surface area (Å²) in [4.78, 5) is 43.6. The molecule has 0 spiro atoms. The van der Waals surface area contributed by atoms with E-state index in [0.717, 1.165) is 23.8 Å². The smallest absolute Gasteiger partial charge is 0.251 e. The van der Waals surface area contributed by atoms with Crippen molar-refractivity contribution in [3.8, 4) is 11.1 Å². The third-order valence-corrected chi connectivity index (χ3v) is 10.3. The van der Waals surface area contributed by atoms with Crippen molar-refractivity contribution in [3.05, 3.63) is 96.1 Å². The molecule has 3 aliphatic rings. The molecule has 10 nitrogen and oxygen atoms in total. The molecule has 236 valence electrons. The lowest BCUT2D eigenvalue weighted by atomic mass is 10.0. The molecular formula is C34H39N5O5S. The van der Waals surface area contributed by atoms with Gasteiger partial charge in [-0.15, -0.1) is 0 Å². The van der Waals surface area contributed by atoms with Crippen molar-refractivity contribution in [2.45, 2.75) is 36.9 Å². The molecule has 2 N–H and O–H groups in total. The lowest BCUT2D eigenvalue weighted by Gasteiger charge is -2.41. The van der Waals surface area contributed by atoms with Gasteiger partial charge in [-0.2, -0.15) is 4.31 Å². The number of nitrogens with one attached hydrogen (secondary N) is 2. The van der Waals surface area contributed by atoms with Gasteiger partial charge in [-0.05, 0) is 35.2 Å². The average molecular weight is 630 g/mol. The van der Waals surface area contributed by atoms with Crippen LogP contribution in [0.5, 0.6) is 0 Å². The number of nitrogens with zero attached hydrogens (tertiary/aromatic N) is 3. The van der Waals surface area contributed by atoms with Gasteiger partial charge in [0.15, 0.2) is 0 Å². The van der Waals surface area contributed by atoms with Crippen molar-refractivity contribution < 1.29 is 22.8 Å². The van der Waals surface area contributed by atoms with Crippen LogP contribution in [0.3, 0.4) is 0 Å². The van der Waals surface area contributed by atoms with Crippen LogP contribution < -0.4 is 10.6 Å². The SMILES string of the molecule is CS(=O)(=O)N1CCN(C(=O)[C@H](CC(=O)N2CC(N[C@@H]3C[C@H]3c3ccccc3)C2)NC(=O)c2ccc(-c3ccccc3)cc2)CC1. The number of benzene rings is 3. The molecule has 11 heteroatoms. The minimum absolute atomic E-state index is 0.165. The first kappa shape index (κ1) is 30.9. The minimum atomic E-state index is -3.37. The molecule has 45 heavy (non-hydrogen) atoms. The predicted octanol–water partition coefficient (Wildman–Crippen LogP) is 2.30. The van der Waals surface area contributed by atoms with Crippen LogP contribution in [0.25, 0.3) is 11.1 Å². The number of carbonyl (C=O) groups is 3. The van der Waals surface area contributed by atoms with Gasteiger partial charge in [0.05, 0.1) is 12.7 Å². The van der Waals surface area contributed by atoms with E-state index in [-0.39, 0.29) is 50.5 Å². The summed E-state index contributed by atoms with van der Waals surface area (Å²) in [6, 6.07) is 26.9. The van der Waals surface area contributed by atoms with Gasteiger partial charge < -0.3 is 20.4 Å². The van der Waals surface area contributed by atoms with Gasteiger partial charge in [-0.25, -0.2) is 8.42 Å². The molecule has 0 bridgehead atoms. The van der Waals surface area contributed by atoms with Crippen molar-refractivity contribution in [1.82, 2.24) is 24.7 Å². The van der Waals surface area contributed by atoms with Gasteiger partial charge in [0.25, 0.3) is 5.91 Å². The highest BCUT2D eigenvalue weighted by Crippen LogP contribution is 2.41. The number of sulfonamides is 1. The Hall–Kier alpha value is -4.06. The first-order chi connectivity index (χ1) is 21.7. The number of piperazine rings is 1. The standard InChI is InChI=1S/C34H39N5O5S/c1-45(43,44)39-18-16-37(17-19-39)34(42)31(36-33(41)27-14-12-25(13-15-27)24-8-4-2-5-9-24)21-32(40)38-22-28(23-38)35-30-20-29(30)26-10-6-3-7-11-26/h2-15,28-31,35H,16-23H2,1H3,(H,36,41)/t29-,30+,31-/m0/s1. The quantitative estimate of drug-likeness (QED) is 0.356. The highest BCUT2D eigenvalue weighted by Gasteiger charge is 2.43. The van der Waals surface area contributed by atoms with Crippen LogP contribution in [0.1, 0.15) is 34.7 Å². The number of carbonyl (C=O) groups excluding carboxylic acids is 3. The van der Waals surface area contributed by atoms with Gasteiger partial charge >= 0.3 is 0 Å². The van der Waals surface area contributed by atoms with Gasteiger partial charge in [0, 0.05) is 62.8 Å². The zero-order valence-electron chi connectivity index (χ0n) is 25.3. The fraction of sp³-hybridized carbons (Fsp3) is 0.382. The zero-order chi connectivity index (χ0) is 31.6. The Morgan fingerprint density at radius 1 is 0.800 bits per heavy atom. The highest BCUT2D eigenvalue weighted by molar-refractivity contribution is 7.88. The van der Waals surface area contributed by atoms with Gasteiger partial charge in [-0.3, -0.25) is 14.4 Å². The molecule has 0 radical (unpaired) electrons. The van der Waals surface area contributed by atoms with Crippen molar-refractivity contribution in [2.75, 3.05) is 45.5 Å². The van der Waals surface area contributed by atoms with Crippen LogP contribution in [0, 0.1) is 0 Å². The number of hydrogen-bond acceptors (Lipinski definition) is 6. The van der Waals surface area contributed by atoms with Crippen LogP contribution in [0.2, 0.25) is 0 Å². The second-order valence-electron chi connectivity index (χ2n) is 12.2. The first-order valence-corrected chi connectivity index (χ1v) is 17.3. The Labute approximate surface area is 264 Å². The third-order valence-electron chi connectivity index (χ3n) is 8.96. The van der Waals surface area contributed by atoms with Crippen molar-refractivity contribution >= 4 is 27.7 Å². The normalized spacial score (nSPS) is 21.1. The van der Waals surface area contributed by atoms with Crippen molar-refractivity contribution in [2.24, 2.45) is 0 Å². The highest BCUT2D eigenvalue weighted by atomic mass is 32.2. The summed E-state index contributed by atoms with van der Waals surface area (Å²) < 4.78 is 25.3. The van der Waals surface area contributed by atoms with Gasteiger partial charge in [0.1, 0.15) is 6.04 Å². The van der Waals surface area contributed by atoms with Crippen LogP contribution in [0.15, 0.2) is 84.9 Å². The maximum atomic E-state index is 13.7.